The summed E-state index contributed by atoms with van der Waals surface area (Å²) in [7, 11) is 0. The van der Waals surface area contributed by atoms with Crippen LogP contribution in [0, 0.1) is 10.1 Å². The summed E-state index contributed by atoms with van der Waals surface area (Å²) >= 11 is 6.82. The molecule has 0 saturated heterocycles. The highest BCUT2D eigenvalue weighted by molar-refractivity contribution is 7.99. The van der Waals surface area contributed by atoms with Crippen LogP contribution < -0.4 is 0 Å². The maximum absolute atomic E-state index is 10.7. The summed E-state index contributed by atoms with van der Waals surface area (Å²) in [5.41, 5.74) is -0.0558. The van der Waals surface area contributed by atoms with Crippen LogP contribution in [0.3, 0.4) is 0 Å². The molecule has 1 rings (SSSR count). The maximum Gasteiger partial charge on any atom is 0.304 e. The molecule has 0 atom stereocenters. The number of benzene rings is 1. The largest absolute Gasteiger partial charge is 0.481 e. The van der Waals surface area contributed by atoms with Gasteiger partial charge < -0.3 is 5.11 Å². The first-order valence-electron chi connectivity index (χ1n) is 4.29. The molecule has 1 aromatic carbocycles. The van der Waals surface area contributed by atoms with Gasteiger partial charge in [-0.1, -0.05) is 11.6 Å². The van der Waals surface area contributed by atoms with Crippen LogP contribution in [0.5, 0.6) is 0 Å². The molecule has 1 N–H and O–H groups in total. The molecule has 0 saturated carbocycles. The number of hydrogen-bond acceptors (Lipinski definition) is 4. The Labute approximate surface area is 101 Å². The van der Waals surface area contributed by atoms with Gasteiger partial charge in [-0.25, -0.2) is 0 Å². The Morgan fingerprint density at radius 2 is 2.25 bits per heavy atom. The lowest BCUT2D eigenvalue weighted by molar-refractivity contribution is -0.387. The first-order chi connectivity index (χ1) is 7.50. The molecule has 0 bridgehead atoms. The van der Waals surface area contributed by atoms with Crippen molar-refractivity contribution < 1.29 is 14.8 Å². The molecule has 5 nitrogen and oxygen atoms in total. The molecule has 0 fully saturated rings. The van der Waals surface area contributed by atoms with E-state index in [-0.39, 0.29) is 17.9 Å². The van der Waals surface area contributed by atoms with Crippen molar-refractivity contribution in [2.75, 3.05) is 5.75 Å². The van der Waals surface area contributed by atoms with Crippen molar-refractivity contribution in [1.82, 2.24) is 0 Å². The van der Waals surface area contributed by atoms with E-state index in [9.17, 15) is 14.9 Å². The Kier molecular flexibility index (Phi) is 4.57. The van der Waals surface area contributed by atoms with E-state index in [1.165, 1.54) is 18.2 Å². The van der Waals surface area contributed by atoms with Crippen molar-refractivity contribution >= 4 is 35.0 Å². The number of thioether (sulfide) groups is 1. The van der Waals surface area contributed by atoms with Crippen LogP contribution in [0.2, 0.25) is 5.02 Å². The fourth-order valence-corrected chi connectivity index (χ4v) is 2.24. The molecule has 16 heavy (non-hydrogen) atoms. The second-order valence-electron chi connectivity index (χ2n) is 2.86. The van der Waals surface area contributed by atoms with Crippen molar-refractivity contribution in [3.05, 3.63) is 33.3 Å². The molecule has 0 radical (unpaired) electrons. The average Bonchev–Trinajstić information content (AvgIpc) is 2.16. The fraction of sp³-hybridized carbons (Fsp3) is 0.222. The number of carboxylic acid groups (broad SMARTS) is 1. The van der Waals surface area contributed by atoms with Gasteiger partial charge in [0.05, 0.1) is 16.2 Å². The number of rotatable bonds is 5. The standard InChI is InChI=1S/C9H8ClNO4S/c10-6-1-2-7(11(14)15)8(5-6)16-4-3-9(12)13/h1-2,5H,3-4H2,(H,12,13). The lowest BCUT2D eigenvalue weighted by atomic mass is 10.3. The number of aliphatic carboxylic acids is 1. The molecule has 7 heteroatoms. The van der Waals surface area contributed by atoms with Crippen molar-refractivity contribution in [3.8, 4) is 0 Å². The summed E-state index contributed by atoms with van der Waals surface area (Å²) in [4.78, 5) is 20.8. The molecular weight excluding hydrogens is 254 g/mol. The summed E-state index contributed by atoms with van der Waals surface area (Å²) in [6.07, 6.45) is -0.0473. The normalized spacial score (nSPS) is 10.1. The summed E-state index contributed by atoms with van der Waals surface area (Å²) in [5, 5.41) is 19.5. The second kappa shape index (κ2) is 5.72. The molecule has 0 amide bonds. The number of nitrogens with zero attached hydrogens (tertiary/aromatic N) is 1. The quantitative estimate of drug-likeness (QED) is 0.501. The minimum atomic E-state index is -0.933. The number of nitro benzene ring substituents is 1. The third kappa shape index (κ3) is 3.71. The van der Waals surface area contributed by atoms with Crippen LogP contribution in [-0.2, 0) is 4.79 Å². The zero-order valence-electron chi connectivity index (χ0n) is 8.05. The van der Waals surface area contributed by atoms with Crippen LogP contribution in [0.1, 0.15) is 6.42 Å². The van der Waals surface area contributed by atoms with Gasteiger partial charge in [0.2, 0.25) is 0 Å². The Balaban J connectivity index is 2.80. The Morgan fingerprint density at radius 1 is 1.56 bits per heavy atom. The second-order valence-corrected chi connectivity index (χ2v) is 4.43. The van der Waals surface area contributed by atoms with Gasteiger partial charge in [0.25, 0.3) is 5.69 Å². The van der Waals surface area contributed by atoms with Crippen molar-refractivity contribution in [2.24, 2.45) is 0 Å². The molecule has 0 aliphatic rings. The van der Waals surface area contributed by atoms with Gasteiger partial charge in [-0.15, -0.1) is 11.8 Å². The summed E-state index contributed by atoms with van der Waals surface area (Å²) < 4.78 is 0. The first kappa shape index (κ1) is 12.8. The van der Waals surface area contributed by atoms with E-state index in [0.717, 1.165) is 11.8 Å². The smallest absolute Gasteiger partial charge is 0.304 e. The minimum Gasteiger partial charge on any atom is -0.481 e. The van der Waals surface area contributed by atoms with Crippen LogP contribution in [0.25, 0.3) is 0 Å². The van der Waals surface area contributed by atoms with E-state index in [2.05, 4.69) is 0 Å². The monoisotopic (exact) mass is 261 g/mol. The number of carbonyl (C=O) groups is 1. The Bertz CT molecular complexity index is 424. The van der Waals surface area contributed by atoms with E-state index in [1.54, 1.807) is 0 Å². The average molecular weight is 262 g/mol. The molecule has 0 aliphatic heterocycles. The fourth-order valence-electron chi connectivity index (χ4n) is 1.00. The number of nitro groups is 1. The lowest BCUT2D eigenvalue weighted by Crippen LogP contribution is -1.97. The third-order valence-corrected chi connectivity index (χ3v) is 2.97. The van der Waals surface area contributed by atoms with Crippen molar-refractivity contribution in [2.45, 2.75) is 11.3 Å². The predicted molar refractivity (Wildman–Crippen MR) is 61.1 cm³/mol. The summed E-state index contributed by atoms with van der Waals surface area (Å²) in [6.45, 7) is 0. The first-order valence-corrected chi connectivity index (χ1v) is 5.65. The SMILES string of the molecule is O=C(O)CCSc1cc(Cl)ccc1[N+](=O)[O-]. The van der Waals surface area contributed by atoms with Crippen molar-refractivity contribution in [1.29, 1.82) is 0 Å². The van der Waals surface area contributed by atoms with E-state index in [4.69, 9.17) is 16.7 Å². The highest BCUT2D eigenvalue weighted by Gasteiger charge is 2.14. The molecule has 1 aromatic rings. The van der Waals surface area contributed by atoms with Gasteiger partial charge in [-0.2, -0.15) is 0 Å². The zero-order chi connectivity index (χ0) is 12.1. The third-order valence-electron chi connectivity index (χ3n) is 1.69. The highest BCUT2D eigenvalue weighted by atomic mass is 35.5. The van der Waals surface area contributed by atoms with Gasteiger partial charge in [0, 0.05) is 16.8 Å². The van der Waals surface area contributed by atoms with Gasteiger partial charge in [-0.05, 0) is 12.1 Å². The van der Waals surface area contributed by atoms with Crippen LogP contribution in [0.15, 0.2) is 23.1 Å². The zero-order valence-corrected chi connectivity index (χ0v) is 9.62. The topological polar surface area (TPSA) is 80.4 Å². The molecule has 0 unspecified atom stereocenters. The maximum atomic E-state index is 10.7. The van der Waals surface area contributed by atoms with Crippen LogP contribution in [0.4, 0.5) is 5.69 Å². The molecule has 0 spiro atoms. The van der Waals surface area contributed by atoms with Gasteiger partial charge in [-0.3, -0.25) is 14.9 Å². The van der Waals surface area contributed by atoms with Gasteiger partial charge >= 0.3 is 5.97 Å². The molecule has 0 aromatic heterocycles. The lowest BCUT2D eigenvalue weighted by Gasteiger charge is -2.02. The van der Waals surface area contributed by atoms with E-state index in [0.29, 0.717) is 9.92 Å². The number of halogens is 1. The van der Waals surface area contributed by atoms with Crippen LogP contribution >= 0.6 is 23.4 Å². The van der Waals surface area contributed by atoms with Crippen molar-refractivity contribution in [3.63, 3.8) is 0 Å². The van der Waals surface area contributed by atoms with E-state index >= 15 is 0 Å². The Morgan fingerprint density at radius 3 is 2.81 bits per heavy atom. The van der Waals surface area contributed by atoms with Gasteiger partial charge in [0.15, 0.2) is 0 Å². The molecule has 0 aliphatic carbocycles. The van der Waals surface area contributed by atoms with Crippen LogP contribution in [-0.4, -0.2) is 21.8 Å². The predicted octanol–water partition coefficient (Wildman–Crippen LogP) is 2.82. The number of carboxylic acids is 1. The molecular formula is C9H8ClNO4S. The van der Waals surface area contributed by atoms with Gasteiger partial charge in [0.1, 0.15) is 0 Å². The van der Waals surface area contributed by atoms with E-state index in [1.807, 2.05) is 0 Å². The Hall–Kier alpha value is -1.27. The molecule has 86 valence electrons. The molecule has 0 heterocycles. The number of hydrogen-bond donors (Lipinski definition) is 1. The highest BCUT2D eigenvalue weighted by Crippen LogP contribution is 2.31. The summed E-state index contributed by atoms with van der Waals surface area (Å²) in [6, 6.07) is 4.21. The minimum absolute atomic E-state index is 0.0473. The van der Waals surface area contributed by atoms with E-state index < -0.39 is 10.9 Å². The summed E-state index contributed by atoms with van der Waals surface area (Å²) in [5.74, 6) is -0.659.